The van der Waals surface area contributed by atoms with Crippen molar-refractivity contribution in [2.24, 2.45) is 0 Å². The number of hydrogen-bond donors (Lipinski definition) is 0. The molecule has 0 radical (unpaired) electrons. The molecule has 100 valence electrons. The zero-order valence-corrected chi connectivity index (χ0v) is 11.2. The third-order valence-corrected chi connectivity index (χ3v) is 3.36. The number of Topliss-reactive ketones (excluding diaryl/α,β-unsaturated/α-hetero) is 1. The van der Waals surface area contributed by atoms with E-state index in [-0.39, 0.29) is 37.0 Å². The molecule has 4 heteroatoms. The fourth-order valence-electron chi connectivity index (χ4n) is 2.09. The highest BCUT2D eigenvalue weighted by molar-refractivity contribution is 6.07. The Morgan fingerprint density at radius 2 is 1.63 bits per heavy atom. The summed E-state index contributed by atoms with van der Waals surface area (Å²) in [5.74, 6) is -0.293. The zero-order chi connectivity index (χ0) is 14.0. The van der Waals surface area contributed by atoms with Gasteiger partial charge in [-0.3, -0.25) is 19.3 Å². The van der Waals surface area contributed by atoms with E-state index in [1.807, 2.05) is 12.1 Å². The van der Waals surface area contributed by atoms with Crippen LogP contribution in [0.1, 0.15) is 48.5 Å². The summed E-state index contributed by atoms with van der Waals surface area (Å²) < 4.78 is 0. The van der Waals surface area contributed by atoms with Crippen molar-refractivity contribution in [2.75, 3.05) is 6.54 Å². The number of nitrogens with zero attached hydrogens (tertiary/aromatic N) is 1. The summed E-state index contributed by atoms with van der Waals surface area (Å²) in [5.41, 5.74) is 1.70. The molecule has 1 fully saturated rings. The van der Waals surface area contributed by atoms with E-state index in [0.29, 0.717) is 11.5 Å². The summed E-state index contributed by atoms with van der Waals surface area (Å²) in [6.45, 7) is 4.02. The lowest BCUT2D eigenvalue weighted by atomic mass is 10.0. The molecule has 0 aliphatic carbocycles. The van der Waals surface area contributed by atoms with Gasteiger partial charge in [0.05, 0.1) is 6.54 Å². The molecule has 2 rings (SSSR count). The van der Waals surface area contributed by atoms with Gasteiger partial charge >= 0.3 is 0 Å². The molecule has 19 heavy (non-hydrogen) atoms. The monoisotopic (exact) mass is 259 g/mol. The number of carbonyl (C=O) groups excluding carboxylic acids is 3. The van der Waals surface area contributed by atoms with Gasteiger partial charge in [-0.05, 0) is 11.5 Å². The van der Waals surface area contributed by atoms with Crippen molar-refractivity contribution in [2.45, 2.75) is 32.6 Å². The maximum absolute atomic E-state index is 12.0. The minimum atomic E-state index is -0.253. The molecular formula is C15H17NO3. The number of carbonyl (C=O) groups is 3. The van der Waals surface area contributed by atoms with E-state index in [0.717, 1.165) is 10.5 Å². The molecule has 2 amide bonds. The van der Waals surface area contributed by atoms with Crippen LogP contribution < -0.4 is 0 Å². The average molecular weight is 259 g/mol. The van der Waals surface area contributed by atoms with Crippen LogP contribution in [0, 0.1) is 0 Å². The van der Waals surface area contributed by atoms with E-state index in [1.165, 1.54) is 0 Å². The maximum atomic E-state index is 12.0. The Hall–Kier alpha value is -1.97. The van der Waals surface area contributed by atoms with Crippen molar-refractivity contribution < 1.29 is 14.4 Å². The van der Waals surface area contributed by atoms with Gasteiger partial charge in [-0.1, -0.05) is 38.1 Å². The second-order valence-corrected chi connectivity index (χ2v) is 5.07. The minimum Gasteiger partial charge on any atom is -0.292 e. The topological polar surface area (TPSA) is 54.5 Å². The summed E-state index contributed by atoms with van der Waals surface area (Å²) in [7, 11) is 0. The van der Waals surface area contributed by atoms with Crippen LogP contribution in [0.5, 0.6) is 0 Å². The van der Waals surface area contributed by atoms with Crippen molar-refractivity contribution in [1.82, 2.24) is 4.90 Å². The van der Waals surface area contributed by atoms with Crippen LogP contribution >= 0.6 is 0 Å². The molecule has 1 aromatic carbocycles. The van der Waals surface area contributed by atoms with Gasteiger partial charge < -0.3 is 0 Å². The standard InChI is InChI=1S/C15H17NO3/c1-10(2)11-3-5-12(6-4-11)13(17)9-16-14(18)7-8-15(16)19/h3-6,10H,7-9H2,1-2H3. The van der Waals surface area contributed by atoms with E-state index >= 15 is 0 Å². The summed E-state index contributed by atoms with van der Waals surface area (Å²) in [4.78, 5) is 36.0. The number of hydrogen-bond acceptors (Lipinski definition) is 3. The van der Waals surface area contributed by atoms with Crippen LogP contribution in [0.4, 0.5) is 0 Å². The maximum Gasteiger partial charge on any atom is 0.230 e. The Balaban J connectivity index is 2.07. The highest BCUT2D eigenvalue weighted by Crippen LogP contribution is 2.16. The predicted molar refractivity (Wildman–Crippen MR) is 70.8 cm³/mol. The molecule has 1 saturated heterocycles. The average Bonchev–Trinajstić information content (AvgIpc) is 2.70. The number of ketones is 1. The number of imide groups is 1. The second kappa shape index (κ2) is 5.34. The van der Waals surface area contributed by atoms with Crippen LogP contribution in [0.15, 0.2) is 24.3 Å². The molecule has 0 aromatic heterocycles. The smallest absolute Gasteiger partial charge is 0.230 e. The number of amides is 2. The first-order chi connectivity index (χ1) is 8.99. The fraction of sp³-hybridized carbons (Fsp3) is 0.400. The molecule has 1 aliphatic rings. The van der Waals surface area contributed by atoms with E-state index in [4.69, 9.17) is 0 Å². The summed E-state index contributed by atoms with van der Waals surface area (Å²) in [6, 6.07) is 7.32. The van der Waals surface area contributed by atoms with Crippen LogP contribution in [0.25, 0.3) is 0 Å². The Labute approximate surface area is 112 Å². The molecule has 0 spiro atoms. The Kier molecular flexibility index (Phi) is 3.79. The lowest BCUT2D eigenvalue weighted by Crippen LogP contribution is -2.34. The molecule has 1 aromatic rings. The SMILES string of the molecule is CC(C)c1ccc(C(=O)CN2C(=O)CCC2=O)cc1. The van der Waals surface area contributed by atoms with Crippen molar-refractivity contribution >= 4 is 17.6 Å². The van der Waals surface area contributed by atoms with Gasteiger partial charge in [0.1, 0.15) is 0 Å². The van der Waals surface area contributed by atoms with Crippen molar-refractivity contribution in [3.05, 3.63) is 35.4 Å². The van der Waals surface area contributed by atoms with Gasteiger partial charge in [-0.15, -0.1) is 0 Å². The lowest BCUT2D eigenvalue weighted by molar-refractivity contribution is -0.137. The van der Waals surface area contributed by atoms with Gasteiger partial charge in [0.15, 0.2) is 5.78 Å². The van der Waals surface area contributed by atoms with E-state index in [1.54, 1.807) is 12.1 Å². The fourth-order valence-corrected chi connectivity index (χ4v) is 2.09. The Bertz CT molecular complexity index is 501. The number of benzene rings is 1. The van der Waals surface area contributed by atoms with Crippen LogP contribution in [0.2, 0.25) is 0 Å². The van der Waals surface area contributed by atoms with Gasteiger partial charge in [0.2, 0.25) is 11.8 Å². The summed E-state index contributed by atoms with van der Waals surface area (Å²) in [5, 5.41) is 0. The van der Waals surface area contributed by atoms with Crippen molar-refractivity contribution in [1.29, 1.82) is 0 Å². The molecule has 1 heterocycles. The molecule has 0 N–H and O–H groups in total. The molecule has 0 atom stereocenters. The molecule has 1 aliphatic heterocycles. The first kappa shape index (κ1) is 13.5. The van der Waals surface area contributed by atoms with Crippen LogP contribution in [-0.2, 0) is 9.59 Å². The highest BCUT2D eigenvalue weighted by Gasteiger charge is 2.30. The lowest BCUT2D eigenvalue weighted by Gasteiger charge is -2.13. The number of rotatable bonds is 4. The van der Waals surface area contributed by atoms with Crippen LogP contribution in [-0.4, -0.2) is 29.0 Å². The van der Waals surface area contributed by atoms with Gasteiger partial charge in [0, 0.05) is 18.4 Å². The molecular weight excluding hydrogens is 242 g/mol. The van der Waals surface area contributed by atoms with Crippen molar-refractivity contribution in [3.63, 3.8) is 0 Å². The number of likely N-dealkylation sites (tertiary alicyclic amines) is 1. The highest BCUT2D eigenvalue weighted by atomic mass is 16.2. The van der Waals surface area contributed by atoms with Crippen molar-refractivity contribution in [3.8, 4) is 0 Å². The molecule has 0 unspecified atom stereocenters. The normalized spacial score (nSPS) is 15.4. The predicted octanol–water partition coefficient (Wildman–Crippen LogP) is 2.14. The largest absolute Gasteiger partial charge is 0.292 e. The Morgan fingerprint density at radius 3 is 2.11 bits per heavy atom. The molecule has 4 nitrogen and oxygen atoms in total. The van der Waals surface area contributed by atoms with Gasteiger partial charge in [-0.2, -0.15) is 0 Å². The van der Waals surface area contributed by atoms with Gasteiger partial charge in [0.25, 0.3) is 0 Å². The summed E-state index contributed by atoms with van der Waals surface area (Å²) >= 11 is 0. The van der Waals surface area contributed by atoms with Gasteiger partial charge in [-0.25, -0.2) is 0 Å². The first-order valence-corrected chi connectivity index (χ1v) is 6.45. The Morgan fingerprint density at radius 1 is 1.11 bits per heavy atom. The quantitative estimate of drug-likeness (QED) is 0.615. The zero-order valence-electron chi connectivity index (χ0n) is 11.2. The second-order valence-electron chi connectivity index (χ2n) is 5.07. The van der Waals surface area contributed by atoms with E-state index in [2.05, 4.69) is 13.8 Å². The molecule has 0 saturated carbocycles. The van der Waals surface area contributed by atoms with Crippen LogP contribution in [0.3, 0.4) is 0 Å². The minimum absolute atomic E-state index is 0.140. The first-order valence-electron chi connectivity index (χ1n) is 6.45. The van der Waals surface area contributed by atoms with E-state index in [9.17, 15) is 14.4 Å². The third-order valence-electron chi connectivity index (χ3n) is 3.36. The molecule has 0 bridgehead atoms. The van der Waals surface area contributed by atoms with E-state index < -0.39 is 0 Å². The third kappa shape index (κ3) is 2.89. The summed E-state index contributed by atoms with van der Waals surface area (Å²) in [6.07, 6.45) is 0.441.